The molecule has 1 saturated heterocycles. The molecule has 1 N–H and O–H groups in total. The smallest absolute Gasteiger partial charge is 0.247 e. The van der Waals surface area contributed by atoms with Crippen LogP contribution in [0.2, 0.25) is 0 Å². The van der Waals surface area contributed by atoms with E-state index in [-0.39, 0.29) is 19.6 Å². The van der Waals surface area contributed by atoms with Gasteiger partial charge in [0.2, 0.25) is 21.8 Å². The number of piperazine rings is 1. The van der Waals surface area contributed by atoms with E-state index in [0.717, 1.165) is 10.6 Å². The normalized spacial score (nSPS) is 19.9. The van der Waals surface area contributed by atoms with E-state index in [1.165, 1.54) is 43.2 Å². The summed E-state index contributed by atoms with van der Waals surface area (Å²) < 4.78 is 43.7. The summed E-state index contributed by atoms with van der Waals surface area (Å²) in [7, 11) is -2.23. The SMILES string of the molecule is COc1cccc(N2C(=O)CN(S(C)(=O)=O)CC2(C)C(=O)NCc2ccc(F)cc2)c1. The number of hydrogen-bond acceptors (Lipinski definition) is 5. The molecule has 1 atom stereocenters. The second-order valence-electron chi connectivity index (χ2n) is 7.54. The predicted octanol–water partition coefficient (Wildman–Crippen LogP) is 1.52. The molecule has 1 unspecified atom stereocenters. The minimum atomic E-state index is -3.71. The Kier molecular flexibility index (Phi) is 6.33. The fourth-order valence-electron chi connectivity index (χ4n) is 3.53. The molecule has 0 radical (unpaired) electrons. The van der Waals surface area contributed by atoms with Gasteiger partial charge in [0.1, 0.15) is 17.1 Å². The Labute approximate surface area is 180 Å². The molecule has 2 aromatic rings. The predicted molar refractivity (Wildman–Crippen MR) is 114 cm³/mol. The summed E-state index contributed by atoms with van der Waals surface area (Å²) in [6.07, 6.45) is 0.998. The number of amides is 2. The first-order valence-electron chi connectivity index (χ1n) is 9.49. The van der Waals surface area contributed by atoms with Gasteiger partial charge < -0.3 is 10.1 Å². The standard InChI is InChI=1S/C21H24FN3O5S/c1-21(20(27)23-12-15-7-9-16(22)10-8-15)14-24(31(3,28)29)13-19(26)25(21)17-5-4-6-18(11-17)30-2/h4-11H,12-14H2,1-3H3,(H,23,27). The van der Waals surface area contributed by atoms with Gasteiger partial charge in [-0.05, 0) is 36.8 Å². The van der Waals surface area contributed by atoms with Gasteiger partial charge in [0.25, 0.3) is 0 Å². The Bertz CT molecular complexity index is 1090. The van der Waals surface area contributed by atoms with Crippen molar-refractivity contribution in [2.45, 2.75) is 19.0 Å². The lowest BCUT2D eigenvalue weighted by atomic mass is 9.94. The third kappa shape index (κ3) is 4.86. The quantitative estimate of drug-likeness (QED) is 0.721. The molecule has 3 rings (SSSR count). The highest BCUT2D eigenvalue weighted by Gasteiger charge is 2.50. The van der Waals surface area contributed by atoms with Crippen LogP contribution in [-0.4, -0.2) is 56.5 Å². The first kappa shape index (κ1) is 22.7. The largest absolute Gasteiger partial charge is 0.497 e. The number of anilines is 1. The highest BCUT2D eigenvalue weighted by molar-refractivity contribution is 7.88. The maximum Gasteiger partial charge on any atom is 0.247 e. The summed E-state index contributed by atoms with van der Waals surface area (Å²) >= 11 is 0. The molecule has 1 aliphatic rings. The molecule has 0 bridgehead atoms. The minimum absolute atomic E-state index is 0.0910. The van der Waals surface area contributed by atoms with Gasteiger partial charge in [-0.2, -0.15) is 4.31 Å². The number of halogens is 1. The van der Waals surface area contributed by atoms with Gasteiger partial charge in [0, 0.05) is 24.8 Å². The molecule has 8 nitrogen and oxygen atoms in total. The van der Waals surface area contributed by atoms with Crippen LogP contribution in [0, 0.1) is 5.82 Å². The van der Waals surface area contributed by atoms with E-state index in [1.54, 1.807) is 24.3 Å². The zero-order valence-corrected chi connectivity index (χ0v) is 18.3. The van der Waals surface area contributed by atoms with Crippen molar-refractivity contribution >= 4 is 27.5 Å². The van der Waals surface area contributed by atoms with Crippen molar-refractivity contribution in [3.63, 3.8) is 0 Å². The van der Waals surface area contributed by atoms with Crippen molar-refractivity contribution in [2.75, 3.05) is 31.4 Å². The minimum Gasteiger partial charge on any atom is -0.497 e. The summed E-state index contributed by atoms with van der Waals surface area (Å²) in [6, 6.07) is 12.3. The lowest BCUT2D eigenvalue weighted by Gasteiger charge is -2.46. The van der Waals surface area contributed by atoms with E-state index in [4.69, 9.17) is 4.74 Å². The van der Waals surface area contributed by atoms with Crippen molar-refractivity contribution in [1.29, 1.82) is 0 Å². The number of hydrogen-bond donors (Lipinski definition) is 1. The van der Waals surface area contributed by atoms with Crippen LogP contribution in [0.3, 0.4) is 0 Å². The number of benzene rings is 2. The van der Waals surface area contributed by atoms with Crippen molar-refractivity contribution in [2.24, 2.45) is 0 Å². The third-order valence-corrected chi connectivity index (χ3v) is 6.37. The van der Waals surface area contributed by atoms with Crippen molar-refractivity contribution < 1.29 is 27.1 Å². The Morgan fingerprint density at radius 1 is 1.23 bits per heavy atom. The average Bonchev–Trinajstić information content (AvgIpc) is 2.72. The summed E-state index contributed by atoms with van der Waals surface area (Å²) in [4.78, 5) is 27.6. The van der Waals surface area contributed by atoms with E-state index in [1.807, 2.05) is 0 Å². The Balaban J connectivity index is 1.96. The highest BCUT2D eigenvalue weighted by Crippen LogP contribution is 2.32. The van der Waals surface area contributed by atoms with Crippen molar-refractivity contribution in [1.82, 2.24) is 9.62 Å². The molecule has 0 aromatic heterocycles. The zero-order chi connectivity index (χ0) is 22.8. The summed E-state index contributed by atoms with van der Waals surface area (Å²) in [5.74, 6) is -0.983. The van der Waals surface area contributed by atoms with Gasteiger partial charge in [-0.25, -0.2) is 12.8 Å². The van der Waals surface area contributed by atoms with Gasteiger partial charge in [-0.1, -0.05) is 18.2 Å². The molecule has 0 aliphatic carbocycles. The zero-order valence-electron chi connectivity index (χ0n) is 17.5. The Morgan fingerprint density at radius 3 is 2.52 bits per heavy atom. The number of ether oxygens (including phenoxy) is 1. The van der Waals surface area contributed by atoms with E-state index >= 15 is 0 Å². The first-order valence-corrected chi connectivity index (χ1v) is 11.3. The maximum absolute atomic E-state index is 13.3. The van der Waals surface area contributed by atoms with E-state index < -0.39 is 33.2 Å². The van der Waals surface area contributed by atoms with E-state index in [9.17, 15) is 22.4 Å². The number of methoxy groups -OCH3 is 1. The highest BCUT2D eigenvalue weighted by atomic mass is 32.2. The molecule has 1 heterocycles. The average molecular weight is 450 g/mol. The molecule has 1 aliphatic heterocycles. The topological polar surface area (TPSA) is 96.0 Å². The Morgan fingerprint density at radius 2 is 1.90 bits per heavy atom. The van der Waals surface area contributed by atoms with Crippen molar-refractivity contribution in [3.05, 3.63) is 59.9 Å². The number of carbonyl (C=O) groups excluding carboxylic acids is 2. The molecule has 166 valence electrons. The third-order valence-electron chi connectivity index (χ3n) is 5.17. The van der Waals surface area contributed by atoms with Crippen LogP contribution in [-0.2, 0) is 26.2 Å². The van der Waals surface area contributed by atoms with Crippen LogP contribution < -0.4 is 15.0 Å². The van der Waals surface area contributed by atoms with E-state index in [2.05, 4.69) is 5.32 Å². The van der Waals surface area contributed by atoms with Gasteiger partial charge in [0.05, 0.1) is 19.9 Å². The first-order chi connectivity index (χ1) is 14.5. The summed E-state index contributed by atoms with van der Waals surface area (Å²) in [5.41, 5.74) is -0.449. The molecule has 0 spiro atoms. The second kappa shape index (κ2) is 8.64. The molecular formula is C21H24FN3O5S. The maximum atomic E-state index is 13.3. The van der Waals surface area contributed by atoms with Crippen LogP contribution in [0.4, 0.5) is 10.1 Å². The summed E-state index contributed by atoms with van der Waals surface area (Å²) in [5, 5.41) is 2.74. The van der Waals surface area contributed by atoms with Crippen LogP contribution in [0.1, 0.15) is 12.5 Å². The molecular weight excluding hydrogens is 425 g/mol. The monoisotopic (exact) mass is 449 g/mol. The number of nitrogens with one attached hydrogen (secondary N) is 1. The van der Waals surface area contributed by atoms with Crippen molar-refractivity contribution in [3.8, 4) is 5.75 Å². The fourth-order valence-corrected chi connectivity index (χ4v) is 4.36. The van der Waals surface area contributed by atoms with E-state index in [0.29, 0.717) is 17.0 Å². The van der Waals surface area contributed by atoms with Crippen LogP contribution in [0.25, 0.3) is 0 Å². The second-order valence-corrected chi connectivity index (χ2v) is 9.53. The van der Waals surface area contributed by atoms with Crippen LogP contribution >= 0.6 is 0 Å². The Hall–Kier alpha value is -2.98. The van der Waals surface area contributed by atoms with Crippen LogP contribution in [0.15, 0.2) is 48.5 Å². The fraction of sp³-hybridized carbons (Fsp3) is 0.333. The summed E-state index contributed by atoms with van der Waals surface area (Å²) in [6.45, 7) is 1.01. The molecule has 10 heteroatoms. The lowest BCUT2D eigenvalue weighted by molar-refractivity contribution is -0.133. The van der Waals surface area contributed by atoms with Gasteiger partial charge >= 0.3 is 0 Å². The van der Waals surface area contributed by atoms with Gasteiger partial charge in [-0.15, -0.1) is 0 Å². The van der Waals surface area contributed by atoms with Crippen LogP contribution in [0.5, 0.6) is 5.75 Å². The molecule has 0 saturated carbocycles. The number of rotatable bonds is 6. The lowest BCUT2D eigenvalue weighted by Crippen LogP contribution is -2.70. The molecule has 31 heavy (non-hydrogen) atoms. The van der Waals surface area contributed by atoms with Gasteiger partial charge in [-0.3, -0.25) is 14.5 Å². The molecule has 2 amide bonds. The number of sulfonamides is 1. The molecule has 1 fully saturated rings. The van der Waals surface area contributed by atoms with Gasteiger partial charge in [0.15, 0.2) is 0 Å². The molecule has 2 aromatic carbocycles. The number of nitrogens with zero attached hydrogens (tertiary/aromatic N) is 2. The number of carbonyl (C=O) groups is 2.